The second kappa shape index (κ2) is 5.93. The van der Waals surface area contributed by atoms with Crippen molar-refractivity contribution in [2.45, 2.75) is 26.4 Å². The van der Waals surface area contributed by atoms with Crippen molar-refractivity contribution in [2.75, 3.05) is 0 Å². The quantitative estimate of drug-likeness (QED) is 0.613. The van der Waals surface area contributed by atoms with Crippen LogP contribution in [0.25, 0.3) is 0 Å². The molecule has 1 unspecified atom stereocenters. The molecule has 0 aliphatic rings. The van der Waals surface area contributed by atoms with Crippen LogP contribution in [0.5, 0.6) is 0 Å². The zero-order chi connectivity index (χ0) is 8.69. The number of allylic oxidation sites excluding steroid dienone is 3. The zero-order valence-electron chi connectivity index (χ0n) is 7.25. The molecule has 0 spiro atoms. The van der Waals surface area contributed by atoms with Crippen LogP contribution < -0.4 is 0 Å². The van der Waals surface area contributed by atoms with Crippen LogP contribution in [-0.2, 0) is 0 Å². The van der Waals surface area contributed by atoms with E-state index in [-0.39, 0.29) is 6.10 Å². The van der Waals surface area contributed by atoms with Gasteiger partial charge in [-0.1, -0.05) is 37.8 Å². The molecule has 0 rings (SSSR count). The van der Waals surface area contributed by atoms with Gasteiger partial charge in [0.1, 0.15) is 0 Å². The summed E-state index contributed by atoms with van der Waals surface area (Å²) in [6, 6.07) is 0. The van der Waals surface area contributed by atoms with E-state index in [1.807, 2.05) is 32.1 Å². The lowest BCUT2D eigenvalue weighted by atomic mass is 10.1. The van der Waals surface area contributed by atoms with Crippen molar-refractivity contribution < 1.29 is 5.11 Å². The van der Waals surface area contributed by atoms with Crippen molar-refractivity contribution in [2.24, 2.45) is 0 Å². The Labute approximate surface area is 68.7 Å². The van der Waals surface area contributed by atoms with Crippen LogP contribution in [0.15, 0.2) is 36.5 Å². The van der Waals surface area contributed by atoms with Gasteiger partial charge in [-0.3, -0.25) is 0 Å². The monoisotopic (exact) mass is 152 g/mol. The lowest BCUT2D eigenvalue weighted by Crippen LogP contribution is -2.05. The highest BCUT2D eigenvalue weighted by Gasteiger charge is 2.01. The van der Waals surface area contributed by atoms with Crippen molar-refractivity contribution in [3.63, 3.8) is 0 Å². The number of hydrogen-bond donors (Lipinski definition) is 1. The molecule has 0 aromatic heterocycles. The summed E-state index contributed by atoms with van der Waals surface area (Å²) >= 11 is 0. The second-order valence-electron chi connectivity index (χ2n) is 2.32. The van der Waals surface area contributed by atoms with E-state index in [0.717, 1.165) is 12.0 Å². The van der Waals surface area contributed by atoms with Crippen molar-refractivity contribution >= 4 is 0 Å². The van der Waals surface area contributed by atoms with E-state index in [4.69, 9.17) is 0 Å². The molecular formula is C10H16O. The highest BCUT2D eigenvalue weighted by molar-refractivity contribution is 5.25. The Morgan fingerprint density at radius 2 is 2.27 bits per heavy atom. The second-order valence-corrected chi connectivity index (χ2v) is 2.32. The Kier molecular flexibility index (Phi) is 5.49. The summed E-state index contributed by atoms with van der Waals surface area (Å²) in [7, 11) is 0. The fourth-order valence-corrected chi connectivity index (χ4v) is 0.758. The third kappa shape index (κ3) is 3.79. The molecule has 0 aliphatic heterocycles. The van der Waals surface area contributed by atoms with Crippen LogP contribution in [0.1, 0.15) is 20.3 Å². The van der Waals surface area contributed by atoms with Crippen molar-refractivity contribution in [1.29, 1.82) is 0 Å². The fourth-order valence-electron chi connectivity index (χ4n) is 0.758. The highest BCUT2D eigenvalue weighted by Crippen LogP contribution is 2.06. The van der Waals surface area contributed by atoms with Crippen LogP contribution in [0.3, 0.4) is 0 Å². The molecule has 1 nitrogen and oxygen atoms in total. The molecule has 0 saturated heterocycles. The van der Waals surface area contributed by atoms with E-state index in [1.54, 1.807) is 6.08 Å². The molecule has 1 N–H and O–H groups in total. The largest absolute Gasteiger partial charge is 0.388 e. The molecule has 0 aromatic carbocycles. The maximum atomic E-state index is 9.37. The average molecular weight is 152 g/mol. The van der Waals surface area contributed by atoms with E-state index in [1.165, 1.54) is 0 Å². The molecule has 11 heavy (non-hydrogen) atoms. The smallest absolute Gasteiger partial charge is 0.0787 e. The fraction of sp³-hybridized carbons (Fsp3) is 0.400. The van der Waals surface area contributed by atoms with Crippen LogP contribution in [-0.4, -0.2) is 11.2 Å². The normalized spacial score (nSPS) is 15.4. The first kappa shape index (κ1) is 10.2. The average Bonchev–Trinajstić information content (AvgIpc) is 2.05. The van der Waals surface area contributed by atoms with Gasteiger partial charge in [0.15, 0.2) is 0 Å². The molecule has 0 radical (unpaired) electrons. The SMILES string of the molecule is C=C/C(=C\C=C/C)C(O)CC. The van der Waals surface area contributed by atoms with Crippen LogP contribution in [0.4, 0.5) is 0 Å². The van der Waals surface area contributed by atoms with Crippen molar-refractivity contribution in [1.82, 2.24) is 0 Å². The first-order valence-electron chi connectivity index (χ1n) is 3.89. The minimum atomic E-state index is -0.372. The molecule has 62 valence electrons. The Hall–Kier alpha value is -0.820. The molecule has 1 atom stereocenters. The Morgan fingerprint density at radius 1 is 1.64 bits per heavy atom. The topological polar surface area (TPSA) is 20.2 Å². The van der Waals surface area contributed by atoms with E-state index < -0.39 is 0 Å². The summed E-state index contributed by atoms with van der Waals surface area (Å²) in [5.41, 5.74) is 0.880. The molecule has 0 amide bonds. The predicted octanol–water partition coefficient (Wildman–Crippen LogP) is 2.45. The summed E-state index contributed by atoms with van der Waals surface area (Å²) in [5, 5.41) is 9.37. The summed E-state index contributed by atoms with van der Waals surface area (Å²) < 4.78 is 0. The molecule has 0 aromatic rings. The lowest BCUT2D eigenvalue weighted by Gasteiger charge is -2.06. The molecular weight excluding hydrogens is 136 g/mol. The Balaban J connectivity index is 4.25. The number of aliphatic hydroxyl groups is 1. The number of aliphatic hydroxyl groups excluding tert-OH is 1. The van der Waals surface area contributed by atoms with Gasteiger partial charge < -0.3 is 5.11 Å². The zero-order valence-corrected chi connectivity index (χ0v) is 7.25. The molecule has 0 aliphatic carbocycles. The van der Waals surface area contributed by atoms with Crippen molar-refractivity contribution in [3.8, 4) is 0 Å². The Morgan fingerprint density at radius 3 is 2.64 bits per heavy atom. The lowest BCUT2D eigenvalue weighted by molar-refractivity contribution is 0.210. The molecule has 0 fully saturated rings. The van der Waals surface area contributed by atoms with Gasteiger partial charge in [0.05, 0.1) is 6.10 Å². The molecule has 0 heterocycles. The molecule has 1 heteroatoms. The highest BCUT2D eigenvalue weighted by atomic mass is 16.3. The van der Waals surface area contributed by atoms with Gasteiger partial charge >= 0.3 is 0 Å². The number of hydrogen-bond acceptors (Lipinski definition) is 1. The van der Waals surface area contributed by atoms with E-state index >= 15 is 0 Å². The Bertz CT molecular complexity index is 166. The number of rotatable bonds is 4. The van der Waals surface area contributed by atoms with Gasteiger partial charge in [0.2, 0.25) is 0 Å². The molecule has 0 bridgehead atoms. The van der Waals surface area contributed by atoms with E-state index in [0.29, 0.717) is 0 Å². The minimum Gasteiger partial charge on any atom is -0.388 e. The van der Waals surface area contributed by atoms with Crippen LogP contribution in [0.2, 0.25) is 0 Å². The van der Waals surface area contributed by atoms with Gasteiger partial charge in [0, 0.05) is 0 Å². The summed E-state index contributed by atoms with van der Waals surface area (Å²) in [4.78, 5) is 0. The maximum absolute atomic E-state index is 9.37. The first-order chi connectivity index (χ1) is 5.26. The summed E-state index contributed by atoms with van der Waals surface area (Å²) in [5.74, 6) is 0. The first-order valence-corrected chi connectivity index (χ1v) is 3.89. The maximum Gasteiger partial charge on any atom is 0.0787 e. The van der Waals surface area contributed by atoms with Gasteiger partial charge in [-0.05, 0) is 18.9 Å². The minimum absolute atomic E-state index is 0.372. The van der Waals surface area contributed by atoms with Crippen LogP contribution in [0, 0.1) is 0 Å². The van der Waals surface area contributed by atoms with Crippen LogP contribution >= 0.6 is 0 Å². The standard InChI is InChI=1S/C10H16O/c1-4-7-8-9(5-2)10(11)6-3/h4-5,7-8,10-11H,2,6H2,1,3H3/b7-4-,9-8+. The third-order valence-electron chi connectivity index (χ3n) is 1.49. The third-order valence-corrected chi connectivity index (χ3v) is 1.49. The summed E-state index contributed by atoms with van der Waals surface area (Å²) in [6.07, 6.45) is 7.75. The van der Waals surface area contributed by atoms with Gasteiger partial charge in [-0.15, -0.1) is 0 Å². The van der Waals surface area contributed by atoms with E-state index in [9.17, 15) is 5.11 Å². The van der Waals surface area contributed by atoms with E-state index in [2.05, 4.69) is 6.58 Å². The van der Waals surface area contributed by atoms with Gasteiger partial charge in [-0.25, -0.2) is 0 Å². The van der Waals surface area contributed by atoms with Gasteiger partial charge in [0.25, 0.3) is 0 Å². The predicted molar refractivity (Wildman–Crippen MR) is 49.4 cm³/mol. The summed E-state index contributed by atoms with van der Waals surface area (Å²) in [6.45, 7) is 7.50. The molecule has 0 saturated carbocycles. The van der Waals surface area contributed by atoms with Crippen molar-refractivity contribution in [3.05, 3.63) is 36.5 Å². The van der Waals surface area contributed by atoms with Gasteiger partial charge in [-0.2, -0.15) is 0 Å².